The van der Waals surface area contributed by atoms with Crippen LogP contribution >= 0.6 is 22.9 Å². The molecule has 1 atom stereocenters. The van der Waals surface area contributed by atoms with Crippen LogP contribution in [0.2, 0.25) is 5.02 Å². The molecule has 1 aromatic carbocycles. The summed E-state index contributed by atoms with van der Waals surface area (Å²) in [6, 6.07) is 7.01. The highest BCUT2D eigenvalue weighted by atomic mass is 35.5. The Kier molecular flexibility index (Phi) is 4.36. The van der Waals surface area contributed by atoms with Crippen molar-refractivity contribution in [3.8, 4) is 0 Å². The van der Waals surface area contributed by atoms with Gasteiger partial charge in [-0.2, -0.15) is 11.3 Å². The Hall–Kier alpha value is -0.940. The number of hydrogen-bond acceptors (Lipinski definition) is 3. The number of hydrogen-bond donors (Lipinski definition) is 1. The maximum atomic E-state index is 13.7. The van der Waals surface area contributed by atoms with E-state index in [4.69, 9.17) is 11.6 Å². The number of nitrogens with zero attached hydrogens (tertiary/aromatic N) is 1. The summed E-state index contributed by atoms with van der Waals surface area (Å²) in [7, 11) is 0. The molecule has 0 aliphatic carbocycles. The maximum Gasteiger partial charge on any atom is 0.125 e. The van der Waals surface area contributed by atoms with Gasteiger partial charge in [0.1, 0.15) is 5.82 Å². The largest absolute Gasteiger partial charge is 0.314 e. The molecule has 1 aliphatic heterocycles. The van der Waals surface area contributed by atoms with Crippen LogP contribution in [-0.4, -0.2) is 31.1 Å². The number of thiophene rings is 1. The van der Waals surface area contributed by atoms with E-state index in [9.17, 15) is 4.39 Å². The van der Waals surface area contributed by atoms with Gasteiger partial charge in [-0.1, -0.05) is 11.6 Å². The summed E-state index contributed by atoms with van der Waals surface area (Å²) < 4.78 is 13.7. The fourth-order valence-corrected chi connectivity index (χ4v) is 3.63. The van der Waals surface area contributed by atoms with E-state index < -0.39 is 0 Å². The smallest absolute Gasteiger partial charge is 0.125 e. The molecule has 1 aromatic heterocycles. The van der Waals surface area contributed by atoms with Gasteiger partial charge in [0, 0.05) is 31.2 Å². The van der Waals surface area contributed by atoms with Gasteiger partial charge >= 0.3 is 0 Å². The number of rotatable bonds is 3. The Balaban J connectivity index is 2.00. The summed E-state index contributed by atoms with van der Waals surface area (Å²) in [5.74, 6) is -0.275. The van der Waals surface area contributed by atoms with Crippen molar-refractivity contribution in [2.45, 2.75) is 6.04 Å². The number of benzene rings is 1. The summed E-state index contributed by atoms with van der Waals surface area (Å²) in [4.78, 5) is 2.38. The zero-order valence-corrected chi connectivity index (χ0v) is 12.6. The molecule has 1 fully saturated rings. The molecule has 1 saturated heterocycles. The Morgan fingerprint density at radius 2 is 2.00 bits per heavy atom. The van der Waals surface area contributed by atoms with Gasteiger partial charge in [-0.3, -0.25) is 4.90 Å². The lowest BCUT2D eigenvalue weighted by Crippen LogP contribution is -2.45. The Morgan fingerprint density at radius 1 is 1.20 bits per heavy atom. The molecule has 0 bridgehead atoms. The molecule has 0 amide bonds. The van der Waals surface area contributed by atoms with Crippen molar-refractivity contribution in [3.05, 3.63) is 57.0 Å². The van der Waals surface area contributed by atoms with E-state index in [0.717, 1.165) is 31.7 Å². The average molecular weight is 311 g/mol. The van der Waals surface area contributed by atoms with Crippen LogP contribution in [0.15, 0.2) is 35.0 Å². The van der Waals surface area contributed by atoms with Gasteiger partial charge in [0.05, 0.1) is 6.04 Å². The highest BCUT2D eigenvalue weighted by Crippen LogP contribution is 2.32. The average Bonchev–Trinajstić information content (AvgIpc) is 2.93. The molecule has 1 N–H and O–H groups in total. The summed E-state index contributed by atoms with van der Waals surface area (Å²) in [5.41, 5.74) is 2.13. The van der Waals surface area contributed by atoms with Gasteiger partial charge in [-0.15, -0.1) is 0 Å². The topological polar surface area (TPSA) is 15.3 Å². The van der Waals surface area contributed by atoms with Crippen LogP contribution in [0.4, 0.5) is 4.39 Å². The van der Waals surface area contributed by atoms with Crippen LogP contribution in [-0.2, 0) is 0 Å². The predicted octanol–water partition coefficient (Wildman–Crippen LogP) is 3.54. The predicted molar refractivity (Wildman–Crippen MR) is 82.0 cm³/mol. The van der Waals surface area contributed by atoms with Crippen LogP contribution in [0, 0.1) is 5.82 Å². The minimum atomic E-state index is -0.275. The van der Waals surface area contributed by atoms with Crippen LogP contribution in [0.3, 0.4) is 0 Å². The summed E-state index contributed by atoms with van der Waals surface area (Å²) in [5, 5.41) is 8.00. The fourth-order valence-electron chi connectivity index (χ4n) is 2.72. The number of nitrogens with one attached hydrogen (secondary N) is 1. The van der Waals surface area contributed by atoms with Gasteiger partial charge < -0.3 is 5.32 Å². The molecule has 0 unspecified atom stereocenters. The van der Waals surface area contributed by atoms with Crippen LogP contribution in [0.1, 0.15) is 17.2 Å². The first-order valence-corrected chi connectivity index (χ1v) is 7.99. The first-order valence-electron chi connectivity index (χ1n) is 6.67. The molecule has 2 aromatic rings. The first kappa shape index (κ1) is 14.0. The van der Waals surface area contributed by atoms with Gasteiger partial charge in [-0.05, 0) is 46.2 Å². The summed E-state index contributed by atoms with van der Waals surface area (Å²) >= 11 is 7.69. The van der Waals surface area contributed by atoms with E-state index in [1.54, 1.807) is 17.4 Å². The Bertz CT molecular complexity index is 547. The van der Waals surface area contributed by atoms with Crippen LogP contribution in [0.5, 0.6) is 0 Å². The molecule has 0 radical (unpaired) electrons. The van der Waals surface area contributed by atoms with E-state index in [-0.39, 0.29) is 11.9 Å². The van der Waals surface area contributed by atoms with Crippen molar-refractivity contribution >= 4 is 22.9 Å². The van der Waals surface area contributed by atoms with E-state index in [2.05, 4.69) is 27.0 Å². The minimum absolute atomic E-state index is 0.0801. The normalized spacial score (nSPS) is 18.1. The second-order valence-corrected chi connectivity index (χ2v) is 6.16. The fraction of sp³-hybridized carbons (Fsp3) is 0.333. The molecule has 3 rings (SSSR count). The third kappa shape index (κ3) is 3.04. The Morgan fingerprint density at radius 3 is 2.65 bits per heavy atom. The molecule has 2 heterocycles. The van der Waals surface area contributed by atoms with Crippen LogP contribution < -0.4 is 5.32 Å². The quantitative estimate of drug-likeness (QED) is 0.933. The van der Waals surface area contributed by atoms with Crippen molar-refractivity contribution in [1.82, 2.24) is 10.2 Å². The zero-order valence-electron chi connectivity index (χ0n) is 11.0. The molecule has 106 valence electrons. The number of piperazine rings is 1. The second kappa shape index (κ2) is 6.22. The molecular formula is C15H16ClFN2S. The minimum Gasteiger partial charge on any atom is -0.314 e. The third-order valence-corrected chi connectivity index (χ3v) is 4.50. The van der Waals surface area contributed by atoms with Gasteiger partial charge in [-0.25, -0.2) is 4.39 Å². The lowest BCUT2D eigenvalue weighted by atomic mass is 9.98. The molecule has 5 heteroatoms. The molecule has 1 aliphatic rings. The van der Waals surface area contributed by atoms with Gasteiger partial charge in [0.2, 0.25) is 0 Å². The first-order chi connectivity index (χ1) is 9.74. The van der Waals surface area contributed by atoms with E-state index in [0.29, 0.717) is 5.02 Å². The standard InChI is InChI=1S/C15H16ClFN2S/c16-13-7-12(8-14(17)9-13)15(11-1-6-20-10-11)19-4-2-18-3-5-19/h1,6-10,15,18H,2-5H2/t15-/m1/s1. The molecular weight excluding hydrogens is 295 g/mol. The molecule has 0 spiro atoms. The van der Waals surface area contributed by atoms with Crippen LogP contribution in [0.25, 0.3) is 0 Å². The van der Waals surface area contributed by atoms with E-state index in [1.807, 2.05) is 6.07 Å². The lowest BCUT2D eigenvalue weighted by Gasteiger charge is -2.35. The van der Waals surface area contributed by atoms with E-state index in [1.165, 1.54) is 11.6 Å². The third-order valence-electron chi connectivity index (χ3n) is 3.58. The summed E-state index contributed by atoms with van der Waals surface area (Å²) in [6.45, 7) is 3.83. The number of halogens is 2. The van der Waals surface area contributed by atoms with Crippen molar-refractivity contribution in [1.29, 1.82) is 0 Å². The second-order valence-electron chi connectivity index (χ2n) is 4.95. The molecule has 20 heavy (non-hydrogen) atoms. The van der Waals surface area contributed by atoms with Crippen molar-refractivity contribution in [2.75, 3.05) is 26.2 Å². The van der Waals surface area contributed by atoms with Crippen molar-refractivity contribution < 1.29 is 4.39 Å². The molecule has 2 nitrogen and oxygen atoms in total. The van der Waals surface area contributed by atoms with Crippen molar-refractivity contribution in [3.63, 3.8) is 0 Å². The maximum absolute atomic E-state index is 13.7. The SMILES string of the molecule is Fc1cc(Cl)cc([C@@H](c2ccsc2)N2CCNCC2)c1. The van der Waals surface area contributed by atoms with Gasteiger partial charge in [0.15, 0.2) is 0 Å². The Labute approximate surface area is 127 Å². The molecule has 0 saturated carbocycles. The van der Waals surface area contributed by atoms with E-state index >= 15 is 0 Å². The lowest BCUT2D eigenvalue weighted by molar-refractivity contribution is 0.198. The zero-order chi connectivity index (χ0) is 13.9. The van der Waals surface area contributed by atoms with Crippen molar-refractivity contribution in [2.24, 2.45) is 0 Å². The summed E-state index contributed by atoms with van der Waals surface area (Å²) in [6.07, 6.45) is 0. The highest BCUT2D eigenvalue weighted by molar-refractivity contribution is 7.08. The highest BCUT2D eigenvalue weighted by Gasteiger charge is 2.24. The van der Waals surface area contributed by atoms with Gasteiger partial charge in [0.25, 0.3) is 0 Å². The monoisotopic (exact) mass is 310 g/mol.